The monoisotopic (exact) mass is 443 g/mol. The largest absolute Gasteiger partial charge is 0.310 e. The molecule has 25 heavy (non-hydrogen) atoms. The Morgan fingerprint density at radius 3 is 2.56 bits per heavy atom. The molecule has 134 valence electrons. The maximum atomic E-state index is 12.6. The molecule has 0 atom stereocenters. The van der Waals surface area contributed by atoms with Crippen LogP contribution in [0.25, 0.3) is 0 Å². The zero-order chi connectivity index (χ0) is 18.0. The standard InChI is InChI=1S/C16H18BrN3O3S2/c1-11-2-5-15(24-11)25(22,23)20-8-6-12(7-9-20)16(21)19-14-4-3-13(17)10-18-14/h2-5,10,12H,6-9H2,1H3,(H,18,19,21). The van der Waals surface area contributed by atoms with Gasteiger partial charge in [-0.25, -0.2) is 13.4 Å². The fourth-order valence-corrected chi connectivity index (χ4v) is 5.86. The number of aromatic nitrogens is 1. The number of hydrogen-bond acceptors (Lipinski definition) is 5. The van der Waals surface area contributed by atoms with Crippen molar-refractivity contribution in [3.05, 3.63) is 39.8 Å². The number of aryl methyl sites for hydroxylation is 1. The summed E-state index contributed by atoms with van der Waals surface area (Å²) in [4.78, 5) is 17.4. The Morgan fingerprint density at radius 1 is 1.28 bits per heavy atom. The van der Waals surface area contributed by atoms with Gasteiger partial charge in [0, 0.05) is 34.6 Å². The Bertz CT molecular complexity index is 857. The summed E-state index contributed by atoms with van der Waals surface area (Å²) in [5, 5.41) is 2.79. The van der Waals surface area contributed by atoms with E-state index in [1.165, 1.54) is 15.6 Å². The van der Waals surface area contributed by atoms with E-state index in [1.54, 1.807) is 24.4 Å². The molecule has 6 nitrogen and oxygen atoms in total. The molecule has 1 aliphatic heterocycles. The predicted octanol–water partition coefficient (Wildman–Crippen LogP) is 3.25. The second kappa shape index (κ2) is 7.53. The summed E-state index contributed by atoms with van der Waals surface area (Å²) in [5.74, 6) is 0.179. The molecule has 3 rings (SSSR count). The molecule has 3 heterocycles. The predicted molar refractivity (Wildman–Crippen MR) is 101 cm³/mol. The first-order valence-electron chi connectivity index (χ1n) is 7.85. The molecule has 1 saturated heterocycles. The van der Waals surface area contributed by atoms with Gasteiger partial charge in [-0.15, -0.1) is 11.3 Å². The van der Waals surface area contributed by atoms with Crippen LogP contribution in [0.4, 0.5) is 5.82 Å². The molecule has 0 bridgehead atoms. The van der Waals surface area contributed by atoms with E-state index in [0.29, 0.717) is 36.0 Å². The van der Waals surface area contributed by atoms with Gasteiger partial charge in [0.25, 0.3) is 10.0 Å². The molecule has 0 spiro atoms. The van der Waals surface area contributed by atoms with Crippen molar-refractivity contribution < 1.29 is 13.2 Å². The summed E-state index contributed by atoms with van der Waals surface area (Å²) >= 11 is 4.57. The molecule has 1 amide bonds. The molecule has 0 aromatic carbocycles. The van der Waals surface area contributed by atoms with Gasteiger partial charge in [-0.05, 0) is 60.0 Å². The summed E-state index contributed by atoms with van der Waals surface area (Å²) in [6.07, 6.45) is 2.63. The van der Waals surface area contributed by atoms with Crippen LogP contribution in [0.2, 0.25) is 0 Å². The minimum atomic E-state index is -3.45. The van der Waals surface area contributed by atoms with Crippen molar-refractivity contribution in [2.45, 2.75) is 24.0 Å². The fourth-order valence-electron chi connectivity index (χ4n) is 2.71. The number of nitrogens with one attached hydrogen (secondary N) is 1. The minimum absolute atomic E-state index is 0.112. The molecule has 1 aliphatic rings. The fraction of sp³-hybridized carbons (Fsp3) is 0.375. The molecular weight excluding hydrogens is 426 g/mol. The normalized spacial score (nSPS) is 16.7. The van der Waals surface area contributed by atoms with Crippen molar-refractivity contribution in [1.29, 1.82) is 0 Å². The molecular formula is C16H18BrN3O3S2. The van der Waals surface area contributed by atoms with Crippen LogP contribution < -0.4 is 5.32 Å². The van der Waals surface area contributed by atoms with Gasteiger partial charge in [0.15, 0.2) is 0 Å². The van der Waals surface area contributed by atoms with E-state index in [2.05, 4.69) is 26.2 Å². The first-order chi connectivity index (χ1) is 11.9. The molecule has 1 fully saturated rings. The number of nitrogens with zero attached hydrogens (tertiary/aromatic N) is 2. The van der Waals surface area contributed by atoms with E-state index >= 15 is 0 Å². The van der Waals surface area contributed by atoms with Crippen LogP contribution in [0.5, 0.6) is 0 Å². The van der Waals surface area contributed by atoms with Gasteiger partial charge in [0.05, 0.1) is 0 Å². The van der Waals surface area contributed by atoms with Gasteiger partial charge < -0.3 is 5.32 Å². The van der Waals surface area contributed by atoms with Crippen molar-refractivity contribution >= 4 is 49.0 Å². The maximum Gasteiger partial charge on any atom is 0.252 e. The van der Waals surface area contributed by atoms with Crippen molar-refractivity contribution in [3.63, 3.8) is 0 Å². The quantitative estimate of drug-likeness (QED) is 0.785. The molecule has 9 heteroatoms. The molecule has 2 aromatic heterocycles. The van der Waals surface area contributed by atoms with E-state index in [4.69, 9.17) is 0 Å². The zero-order valence-electron chi connectivity index (χ0n) is 13.6. The molecule has 2 aromatic rings. The van der Waals surface area contributed by atoms with Gasteiger partial charge in [0.2, 0.25) is 5.91 Å². The van der Waals surface area contributed by atoms with Crippen molar-refractivity contribution in [1.82, 2.24) is 9.29 Å². The smallest absolute Gasteiger partial charge is 0.252 e. The summed E-state index contributed by atoms with van der Waals surface area (Å²) in [6, 6.07) is 6.98. The number of rotatable bonds is 4. The Kier molecular flexibility index (Phi) is 5.57. The Morgan fingerprint density at radius 2 is 2.00 bits per heavy atom. The summed E-state index contributed by atoms with van der Waals surface area (Å²) < 4.78 is 27.9. The lowest BCUT2D eigenvalue weighted by Crippen LogP contribution is -2.41. The number of anilines is 1. The first-order valence-corrected chi connectivity index (χ1v) is 10.9. The summed E-state index contributed by atoms with van der Waals surface area (Å²) in [6.45, 7) is 2.59. The highest BCUT2D eigenvalue weighted by molar-refractivity contribution is 9.10. The highest BCUT2D eigenvalue weighted by atomic mass is 79.9. The average Bonchev–Trinajstić information content (AvgIpc) is 3.04. The van der Waals surface area contributed by atoms with Gasteiger partial charge in [0.1, 0.15) is 10.0 Å². The second-order valence-electron chi connectivity index (χ2n) is 5.89. The van der Waals surface area contributed by atoms with Crippen LogP contribution in [0.15, 0.2) is 39.1 Å². The van der Waals surface area contributed by atoms with Crippen molar-refractivity contribution in [3.8, 4) is 0 Å². The van der Waals surface area contributed by atoms with Crippen LogP contribution in [-0.2, 0) is 14.8 Å². The number of sulfonamides is 1. The molecule has 0 saturated carbocycles. The Labute approximate surface area is 159 Å². The third-order valence-electron chi connectivity index (χ3n) is 4.11. The van der Waals surface area contributed by atoms with E-state index in [1.807, 2.05) is 13.0 Å². The average molecular weight is 444 g/mol. The van der Waals surface area contributed by atoms with E-state index in [9.17, 15) is 13.2 Å². The highest BCUT2D eigenvalue weighted by Gasteiger charge is 2.32. The number of amides is 1. The topological polar surface area (TPSA) is 79.4 Å². The lowest BCUT2D eigenvalue weighted by Gasteiger charge is -2.30. The number of piperidine rings is 1. The molecule has 0 aliphatic carbocycles. The lowest BCUT2D eigenvalue weighted by molar-refractivity contribution is -0.120. The lowest BCUT2D eigenvalue weighted by atomic mass is 9.97. The number of carbonyl (C=O) groups excluding carboxylic acids is 1. The van der Waals surface area contributed by atoms with Gasteiger partial charge >= 0.3 is 0 Å². The van der Waals surface area contributed by atoms with Crippen LogP contribution in [0, 0.1) is 12.8 Å². The van der Waals surface area contributed by atoms with Crippen LogP contribution in [-0.4, -0.2) is 36.7 Å². The number of carbonyl (C=O) groups is 1. The molecule has 1 N–H and O–H groups in total. The van der Waals surface area contributed by atoms with Gasteiger partial charge in [-0.1, -0.05) is 0 Å². The zero-order valence-corrected chi connectivity index (χ0v) is 16.8. The van der Waals surface area contributed by atoms with Crippen LogP contribution >= 0.6 is 27.3 Å². The minimum Gasteiger partial charge on any atom is -0.310 e. The van der Waals surface area contributed by atoms with E-state index < -0.39 is 10.0 Å². The van der Waals surface area contributed by atoms with Crippen molar-refractivity contribution in [2.75, 3.05) is 18.4 Å². The maximum absolute atomic E-state index is 12.6. The number of hydrogen-bond donors (Lipinski definition) is 1. The Balaban J connectivity index is 1.59. The van der Waals surface area contributed by atoms with Gasteiger partial charge in [-0.3, -0.25) is 4.79 Å². The highest BCUT2D eigenvalue weighted by Crippen LogP contribution is 2.28. The van der Waals surface area contributed by atoms with Gasteiger partial charge in [-0.2, -0.15) is 4.31 Å². The number of pyridine rings is 1. The molecule has 0 unspecified atom stereocenters. The summed E-state index contributed by atoms with van der Waals surface area (Å²) in [5.41, 5.74) is 0. The second-order valence-corrected chi connectivity index (χ2v) is 10.3. The first kappa shape index (κ1) is 18.5. The third-order valence-corrected chi connectivity index (χ3v) is 7.95. The molecule has 0 radical (unpaired) electrons. The number of thiophene rings is 1. The SMILES string of the molecule is Cc1ccc(S(=O)(=O)N2CCC(C(=O)Nc3ccc(Br)cn3)CC2)s1. The summed E-state index contributed by atoms with van der Waals surface area (Å²) in [7, 11) is -3.45. The Hall–Kier alpha value is -1.29. The van der Waals surface area contributed by atoms with Crippen molar-refractivity contribution in [2.24, 2.45) is 5.92 Å². The van der Waals surface area contributed by atoms with E-state index in [-0.39, 0.29) is 11.8 Å². The van der Waals surface area contributed by atoms with E-state index in [0.717, 1.165) is 9.35 Å². The number of halogens is 1. The third kappa shape index (κ3) is 4.28. The van der Waals surface area contributed by atoms with Crippen LogP contribution in [0.3, 0.4) is 0 Å². The van der Waals surface area contributed by atoms with Crippen LogP contribution in [0.1, 0.15) is 17.7 Å².